The van der Waals surface area contributed by atoms with Crippen LogP contribution in [0.25, 0.3) is 0 Å². The lowest BCUT2D eigenvalue weighted by atomic mass is 9.93. The van der Waals surface area contributed by atoms with Gasteiger partial charge in [-0.25, -0.2) is 0 Å². The molecule has 2 atom stereocenters. The normalized spacial score (nSPS) is 24.3. The van der Waals surface area contributed by atoms with E-state index in [1.54, 1.807) is 0 Å². The largest absolute Gasteiger partial charge is 0.394 e. The van der Waals surface area contributed by atoms with E-state index < -0.39 is 0 Å². The number of amides is 1. The number of aliphatic hydroxyl groups excluding tert-OH is 1. The number of carbonyl (C=O) groups excluding carboxylic acids is 1. The van der Waals surface area contributed by atoms with E-state index in [2.05, 4.69) is 13.8 Å². The molecular weight excluding hydrogens is 190 g/mol. The lowest BCUT2D eigenvalue weighted by molar-refractivity contribution is -0.141. The van der Waals surface area contributed by atoms with Gasteiger partial charge >= 0.3 is 0 Å². The van der Waals surface area contributed by atoms with Crippen molar-refractivity contribution in [3.8, 4) is 0 Å². The highest BCUT2D eigenvalue weighted by atomic mass is 16.3. The Hall–Kier alpha value is -0.570. The molecule has 1 saturated heterocycles. The summed E-state index contributed by atoms with van der Waals surface area (Å²) in [5.41, 5.74) is 0. The molecular formula is C12H23NO2. The Balaban J connectivity index is 2.63. The Morgan fingerprint density at radius 3 is 2.60 bits per heavy atom. The van der Waals surface area contributed by atoms with Crippen LogP contribution in [0.5, 0.6) is 0 Å². The zero-order valence-corrected chi connectivity index (χ0v) is 10.1. The minimum atomic E-state index is 0.0625. The van der Waals surface area contributed by atoms with E-state index in [9.17, 15) is 9.90 Å². The van der Waals surface area contributed by atoms with Gasteiger partial charge in [-0.15, -0.1) is 0 Å². The number of likely N-dealkylation sites (tertiary alicyclic amines) is 1. The van der Waals surface area contributed by atoms with Crippen LogP contribution < -0.4 is 0 Å². The van der Waals surface area contributed by atoms with Gasteiger partial charge in [0, 0.05) is 12.5 Å². The molecule has 1 rings (SSSR count). The standard InChI is InChI=1S/C12H23NO2/c1-9(2)10(3)12(15)13-7-5-4-6-11(13)8-14/h9-11,14H,4-8H2,1-3H3. The first kappa shape index (κ1) is 12.5. The summed E-state index contributed by atoms with van der Waals surface area (Å²) in [6.07, 6.45) is 3.16. The van der Waals surface area contributed by atoms with E-state index in [0.717, 1.165) is 25.8 Å². The van der Waals surface area contributed by atoms with Gasteiger partial charge in [0.1, 0.15) is 0 Å². The van der Waals surface area contributed by atoms with Crippen molar-refractivity contribution in [2.75, 3.05) is 13.2 Å². The van der Waals surface area contributed by atoms with Crippen LogP contribution >= 0.6 is 0 Å². The topological polar surface area (TPSA) is 40.5 Å². The number of rotatable bonds is 3. The highest BCUT2D eigenvalue weighted by Crippen LogP contribution is 2.21. The summed E-state index contributed by atoms with van der Waals surface area (Å²) in [6, 6.07) is 0.0625. The van der Waals surface area contributed by atoms with Crippen LogP contribution in [0.2, 0.25) is 0 Å². The second-order valence-corrected chi connectivity index (χ2v) is 4.90. The van der Waals surface area contributed by atoms with Gasteiger partial charge in [0.15, 0.2) is 0 Å². The Morgan fingerprint density at radius 1 is 1.40 bits per heavy atom. The van der Waals surface area contributed by atoms with Crippen LogP contribution in [0.4, 0.5) is 0 Å². The van der Waals surface area contributed by atoms with Crippen LogP contribution in [0.1, 0.15) is 40.0 Å². The molecule has 1 aliphatic heterocycles. The number of aliphatic hydroxyl groups is 1. The van der Waals surface area contributed by atoms with Gasteiger partial charge in [-0.05, 0) is 25.2 Å². The molecule has 1 heterocycles. The van der Waals surface area contributed by atoms with Crippen LogP contribution in [0, 0.1) is 11.8 Å². The molecule has 0 aromatic heterocycles. The third-order valence-corrected chi connectivity index (χ3v) is 3.51. The smallest absolute Gasteiger partial charge is 0.225 e. The molecule has 0 aromatic rings. The molecule has 88 valence electrons. The van der Waals surface area contributed by atoms with Crippen molar-refractivity contribution < 1.29 is 9.90 Å². The first-order valence-corrected chi connectivity index (χ1v) is 5.99. The molecule has 1 amide bonds. The second kappa shape index (κ2) is 5.50. The third-order valence-electron chi connectivity index (χ3n) is 3.51. The molecule has 0 aromatic carbocycles. The zero-order chi connectivity index (χ0) is 11.4. The van der Waals surface area contributed by atoms with Gasteiger partial charge in [0.05, 0.1) is 12.6 Å². The molecule has 3 nitrogen and oxygen atoms in total. The average molecular weight is 213 g/mol. The monoisotopic (exact) mass is 213 g/mol. The van der Waals surface area contributed by atoms with Gasteiger partial charge in [0.2, 0.25) is 5.91 Å². The minimum Gasteiger partial charge on any atom is -0.394 e. The van der Waals surface area contributed by atoms with E-state index >= 15 is 0 Å². The van der Waals surface area contributed by atoms with Crippen LogP contribution in [0.3, 0.4) is 0 Å². The number of carbonyl (C=O) groups is 1. The molecule has 1 aliphatic rings. The number of hydrogen-bond donors (Lipinski definition) is 1. The van der Waals surface area contributed by atoms with Gasteiger partial charge in [-0.2, -0.15) is 0 Å². The predicted molar refractivity (Wildman–Crippen MR) is 60.4 cm³/mol. The van der Waals surface area contributed by atoms with Crippen molar-refractivity contribution in [1.29, 1.82) is 0 Å². The number of piperidine rings is 1. The van der Waals surface area contributed by atoms with Gasteiger partial charge < -0.3 is 10.0 Å². The fourth-order valence-electron chi connectivity index (χ4n) is 2.03. The van der Waals surface area contributed by atoms with Crippen molar-refractivity contribution in [3.05, 3.63) is 0 Å². The molecule has 1 fully saturated rings. The molecule has 0 bridgehead atoms. The van der Waals surface area contributed by atoms with Gasteiger partial charge in [-0.3, -0.25) is 4.79 Å². The number of hydrogen-bond acceptors (Lipinski definition) is 2. The summed E-state index contributed by atoms with van der Waals surface area (Å²) in [4.78, 5) is 14.0. The Kier molecular flexibility index (Phi) is 4.58. The van der Waals surface area contributed by atoms with Crippen LogP contribution in [0.15, 0.2) is 0 Å². The molecule has 0 radical (unpaired) electrons. The van der Waals surface area contributed by atoms with Crippen LogP contribution in [-0.4, -0.2) is 35.1 Å². The highest BCUT2D eigenvalue weighted by Gasteiger charge is 2.30. The Morgan fingerprint density at radius 2 is 2.07 bits per heavy atom. The van der Waals surface area contributed by atoms with Crippen molar-refractivity contribution in [2.24, 2.45) is 11.8 Å². The third kappa shape index (κ3) is 2.94. The molecule has 0 saturated carbocycles. The van der Waals surface area contributed by atoms with Crippen LogP contribution in [-0.2, 0) is 4.79 Å². The van der Waals surface area contributed by atoms with Crippen molar-refractivity contribution in [1.82, 2.24) is 4.90 Å². The minimum absolute atomic E-state index is 0.0625. The van der Waals surface area contributed by atoms with E-state index in [0.29, 0.717) is 5.92 Å². The maximum atomic E-state index is 12.1. The van der Waals surface area contributed by atoms with Crippen molar-refractivity contribution in [3.63, 3.8) is 0 Å². The quantitative estimate of drug-likeness (QED) is 0.774. The summed E-state index contributed by atoms with van der Waals surface area (Å²) in [6.45, 7) is 7.05. The average Bonchev–Trinajstić information content (AvgIpc) is 2.26. The fourth-order valence-corrected chi connectivity index (χ4v) is 2.03. The Bertz CT molecular complexity index is 216. The SMILES string of the molecule is CC(C)C(C)C(=O)N1CCCCC1CO. The summed E-state index contributed by atoms with van der Waals surface area (Å²) >= 11 is 0. The predicted octanol–water partition coefficient (Wildman–Crippen LogP) is 1.65. The first-order chi connectivity index (χ1) is 7.07. The van der Waals surface area contributed by atoms with E-state index in [4.69, 9.17) is 0 Å². The highest BCUT2D eigenvalue weighted by molar-refractivity contribution is 5.79. The number of nitrogens with zero attached hydrogens (tertiary/aromatic N) is 1. The maximum Gasteiger partial charge on any atom is 0.225 e. The summed E-state index contributed by atoms with van der Waals surface area (Å²) < 4.78 is 0. The van der Waals surface area contributed by atoms with E-state index in [-0.39, 0.29) is 24.5 Å². The first-order valence-electron chi connectivity index (χ1n) is 5.99. The fraction of sp³-hybridized carbons (Fsp3) is 0.917. The van der Waals surface area contributed by atoms with Crippen molar-refractivity contribution in [2.45, 2.75) is 46.1 Å². The lowest BCUT2D eigenvalue weighted by Crippen LogP contribution is -2.48. The molecule has 0 aliphatic carbocycles. The molecule has 2 unspecified atom stereocenters. The van der Waals surface area contributed by atoms with E-state index in [1.807, 2.05) is 11.8 Å². The van der Waals surface area contributed by atoms with Gasteiger partial charge in [-0.1, -0.05) is 20.8 Å². The zero-order valence-electron chi connectivity index (χ0n) is 10.1. The lowest BCUT2D eigenvalue weighted by Gasteiger charge is -2.37. The summed E-state index contributed by atoms with van der Waals surface area (Å²) in [7, 11) is 0. The van der Waals surface area contributed by atoms with Gasteiger partial charge in [0.25, 0.3) is 0 Å². The molecule has 1 N–H and O–H groups in total. The second-order valence-electron chi connectivity index (χ2n) is 4.90. The molecule has 0 spiro atoms. The Labute approximate surface area is 92.5 Å². The summed E-state index contributed by atoms with van der Waals surface area (Å²) in [5, 5.41) is 9.24. The molecule has 3 heteroatoms. The molecule has 15 heavy (non-hydrogen) atoms. The van der Waals surface area contributed by atoms with E-state index in [1.165, 1.54) is 0 Å². The summed E-state index contributed by atoms with van der Waals surface area (Å²) in [5.74, 6) is 0.652. The maximum absolute atomic E-state index is 12.1. The van der Waals surface area contributed by atoms with Crippen molar-refractivity contribution >= 4 is 5.91 Å².